The van der Waals surface area contributed by atoms with Crippen molar-refractivity contribution >= 4 is 11.8 Å². The van der Waals surface area contributed by atoms with Gasteiger partial charge in [-0.25, -0.2) is 9.89 Å². The van der Waals surface area contributed by atoms with E-state index in [0.29, 0.717) is 30.0 Å². The molecule has 0 fully saturated rings. The van der Waals surface area contributed by atoms with Gasteiger partial charge >= 0.3 is 5.69 Å². The second kappa shape index (κ2) is 7.31. The summed E-state index contributed by atoms with van der Waals surface area (Å²) in [6.07, 6.45) is 0.743. The lowest BCUT2D eigenvalue weighted by Gasteiger charge is -2.11. The molecule has 0 bridgehead atoms. The highest BCUT2D eigenvalue weighted by atomic mass is 32.2. The molecular formula is C14H23N5O3S. The summed E-state index contributed by atoms with van der Waals surface area (Å²) in [6.45, 7) is 9.18. The minimum absolute atomic E-state index is 0.102. The Bertz CT molecular complexity index is 685. The molecule has 0 radical (unpaired) electrons. The molecule has 2 aromatic heterocycles. The number of aromatic amines is 1. The van der Waals surface area contributed by atoms with Crippen LogP contribution in [0, 0.1) is 0 Å². The van der Waals surface area contributed by atoms with Crippen LogP contribution in [0.25, 0.3) is 0 Å². The van der Waals surface area contributed by atoms with Crippen LogP contribution in [-0.2, 0) is 16.7 Å². The first kappa shape index (κ1) is 17.7. The monoisotopic (exact) mass is 341 g/mol. The second-order valence-electron chi connectivity index (χ2n) is 6.28. The van der Waals surface area contributed by atoms with Crippen molar-refractivity contribution in [3.63, 3.8) is 0 Å². The van der Waals surface area contributed by atoms with Gasteiger partial charge in [-0.3, -0.25) is 4.57 Å². The molecular weight excluding hydrogens is 318 g/mol. The summed E-state index contributed by atoms with van der Waals surface area (Å²) in [4.78, 5) is 16.3. The smallest absolute Gasteiger partial charge is 0.343 e. The molecule has 8 nitrogen and oxygen atoms in total. The van der Waals surface area contributed by atoms with Crippen molar-refractivity contribution in [3.8, 4) is 0 Å². The quantitative estimate of drug-likeness (QED) is 0.608. The molecule has 0 aliphatic carbocycles. The Morgan fingerprint density at radius 2 is 2.17 bits per heavy atom. The molecule has 1 unspecified atom stereocenters. The van der Waals surface area contributed by atoms with E-state index in [0.717, 1.165) is 6.42 Å². The predicted octanol–water partition coefficient (Wildman–Crippen LogP) is 2.14. The van der Waals surface area contributed by atoms with E-state index in [-0.39, 0.29) is 16.4 Å². The van der Waals surface area contributed by atoms with Crippen molar-refractivity contribution in [3.05, 3.63) is 22.2 Å². The first-order chi connectivity index (χ1) is 10.8. The fourth-order valence-electron chi connectivity index (χ4n) is 1.87. The largest absolute Gasteiger partial charge is 0.385 e. The molecule has 0 aliphatic rings. The van der Waals surface area contributed by atoms with E-state index in [1.165, 1.54) is 11.8 Å². The van der Waals surface area contributed by atoms with Crippen molar-refractivity contribution in [2.45, 2.75) is 56.5 Å². The van der Waals surface area contributed by atoms with E-state index in [4.69, 9.17) is 9.26 Å². The van der Waals surface area contributed by atoms with Gasteiger partial charge in [0.2, 0.25) is 5.89 Å². The van der Waals surface area contributed by atoms with Crippen LogP contribution in [0.15, 0.2) is 14.5 Å². The number of rotatable bonds is 7. The van der Waals surface area contributed by atoms with E-state index < -0.39 is 0 Å². The number of nitrogens with one attached hydrogen (secondary N) is 1. The third-order valence-corrected chi connectivity index (χ3v) is 4.27. The maximum atomic E-state index is 11.8. The Kier molecular flexibility index (Phi) is 5.64. The van der Waals surface area contributed by atoms with Crippen molar-refractivity contribution in [1.29, 1.82) is 0 Å². The summed E-state index contributed by atoms with van der Waals surface area (Å²) in [6, 6.07) is 0. The van der Waals surface area contributed by atoms with E-state index in [9.17, 15) is 4.79 Å². The van der Waals surface area contributed by atoms with E-state index in [1.807, 2.05) is 27.7 Å². The van der Waals surface area contributed by atoms with Crippen molar-refractivity contribution in [1.82, 2.24) is 24.9 Å². The van der Waals surface area contributed by atoms with Crippen LogP contribution in [0.2, 0.25) is 0 Å². The molecule has 0 aromatic carbocycles. The SMILES string of the molecule is COCCCn1c(SC(C)c2nc(C(C)(C)C)no2)n[nH]c1=O. The maximum Gasteiger partial charge on any atom is 0.343 e. The Morgan fingerprint density at radius 1 is 1.43 bits per heavy atom. The van der Waals surface area contributed by atoms with E-state index in [2.05, 4.69) is 20.3 Å². The predicted molar refractivity (Wildman–Crippen MR) is 86.6 cm³/mol. The third kappa shape index (κ3) is 4.44. The molecule has 2 rings (SSSR count). The molecule has 0 saturated heterocycles. The van der Waals surface area contributed by atoms with E-state index >= 15 is 0 Å². The Labute approximate surface area is 139 Å². The zero-order valence-corrected chi connectivity index (χ0v) is 14.9. The molecule has 2 heterocycles. The number of nitrogens with zero attached hydrogens (tertiary/aromatic N) is 4. The summed E-state index contributed by atoms with van der Waals surface area (Å²) in [5.74, 6) is 1.19. The van der Waals surface area contributed by atoms with Crippen LogP contribution < -0.4 is 5.69 Å². The van der Waals surface area contributed by atoms with Crippen LogP contribution in [0.3, 0.4) is 0 Å². The number of H-pyrrole nitrogens is 1. The van der Waals surface area contributed by atoms with Crippen LogP contribution >= 0.6 is 11.8 Å². The molecule has 1 N–H and O–H groups in total. The van der Waals surface area contributed by atoms with Crippen molar-refractivity contribution < 1.29 is 9.26 Å². The van der Waals surface area contributed by atoms with Gasteiger partial charge < -0.3 is 9.26 Å². The Morgan fingerprint density at radius 3 is 2.78 bits per heavy atom. The standard InChI is InChI=1S/C14H23N5O3S/c1-9(10-15-11(18-22-10)14(2,3)4)23-13-17-16-12(20)19(13)7-6-8-21-5/h9H,6-8H2,1-5H3,(H,16,20). The second-order valence-corrected chi connectivity index (χ2v) is 7.58. The maximum absolute atomic E-state index is 11.8. The Balaban J connectivity index is 2.10. The molecule has 0 amide bonds. The average Bonchev–Trinajstić information content (AvgIpc) is 3.08. The third-order valence-electron chi connectivity index (χ3n) is 3.20. The lowest BCUT2D eigenvalue weighted by Crippen LogP contribution is -2.18. The average molecular weight is 341 g/mol. The van der Waals surface area contributed by atoms with E-state index in [1.54, 1.807) is 11.7 Å². The summed E-state index contributed by atoms with van der Waals surface area (Å²) in [5, 5.41) is 11.1. The minimum atomic E-state index is -0.225. The molecule has 2 aromatic rings. The van der Waals surface area contributed by atoms with Gasteiger partial charge in [0, 0.05) is 25.7 Å². The lowest BCUT2D eigenvalue weighted by molar-refractivity contribution is 0.189. The molecule has 0 aliphatic heterocycles. The molecule has 1 atom stereocenters. The lowest BCUT2D eigenvalue weighted by atomic mass is 9.96. The molecule has 23 heavy (non-hydrogen) atoms. The van der Waals surface area contributed by atoms with Crippen LogP contribution in [0.1, 0.15) is 51.1 Å². The summed E-state index contributed by atoms with van der Waals surface area (Å²) in [7, 11) is 1.64. The Hall–Kier alpha value is -1.61. The minimum Gasteiger partial charge on any atom is -0.385 e. The normalized spacial score (nSPS) is 13.4. The topological polar surface area (TPSA) is 98.8 Å². The molecule has 0 spiro atoms. The zero-order chi connectivity index (χ0) is 17.0. The fourth-order valence-corrected chi connectivity index (χ4v) is 2.78. The van der Waals surface area contributed by atoms with Gasteiger partial charge in [0.05, 0.1) is 5.25 Å². The fraction of sp³-hybridized carbons (Fsp3) is 0.714. The molecule has 9 heteroatoms. The highest BCUT2D eigenvalue weighted by Crippen LogP contribution is 2.33. The van der Waals surface area contributed by atoms with Crippen LogP contribution in [-0.4, -0.2) is 38.6 Å². The number of hydrogen-bond acceptors (Lipinski definition) is 7. The molecule has 128 valence electrons. The number of methoxy groups -OCH3 is 1. The molecule has 0 saturated carbocycles. The zero-order valence-electron chi connectivity index (χ0n) is 14.1. The van der Waals surface area contributed by atoms with Gasteiger partial charge in [-0.1, -0.05) is 37.7 Å². The van der Waals surface area contributed by atoms with Gasteiger partial charge in [0.1, 0.15) is 0 Å². The van der Waals surface area contributed by atoms with Gasteiger partial charge in [-0.15, -0.1) is 5.10 Å². The highest BCUT2D eigenvalue weighted by molar-refractivity contribution is 7.99. The van der Waals surface area contributed by atoms with Crippen molar-refractivity contribution in [2.75, 3.05) is 13.7 Å². The number of thioether (sulfide) groups is 1. The first-order valence-electron chi connectivity index (χ1n) is 7.48. The first-order valence-corrected chi connectivity index (χ1v) is 8.35. The van der Waals surface area contributed by atoms with Gasteiger partial charge in [0.25, 0.3) is 0 Å². The number of aromatic nitrogens is 5. The van der Waals surface area contributed by atoms with Gasteiger partial charge in [0.15, 0.2) is 11.0 Å². The summed E-state index contributed by atoms with van der Waals surface area (Å²) >= 11 is 1.41. The number of hydrogen-bond donors (Lipinski definition) is 1. The van der Waals surface area contributed by atoms with Gasteiger partial charge in [-0.2, -0.15) is 4.98 Å². The van der Waals surface area contributed by atoms with Crippen LogP contribution in [0.4, 0.5) is 0 Å². The summed E-state index contributed by atoms with van der Waals surface area (Å²) < 4.78 is 12.0. The highest BCUT2D eigenvalue weighted by Gasteiger charge is 2.24. The van der Waals surface area contributed by atoms with Crippen molar-refractivity contribution in [2.24, 2.45) is 0 Å². The number of ether oxygens (including phenoxy) is 1. The van der Waals surface area contributed by atoms with Crippen LogP contribution in [0.5, 0.6) is 0 Å². The van der Waals surface area contributed by atoms with Gasteiger partial charge in [-0.05, 0) is 13.3 Å². The summed E-state index contributed by atoms with van der Waals surface area (Å²) in [5.41, 5.74) is -0.391.